The first-order chi connectivity index (χ1) is 13.5. The van der Waals surface area contributed by atoms with E-state index < -0.39 is 36.8 Å². The van der Waals surface area contributed by atoms with Gasteiger partial charge in [0.25, 0.3) is 0 Å². The summed E-state index contributed by atoms with van der Waals surface area (Å²) in [5.74, 6) is -1.91. The van der Waals surface area contributed by atoms with Gasteiger partial charge in [-0.2, -0.15) is 0 Å². The van der Waals surface area contributed by atoms with Gasteiger partial charge in [-0.25, -0.2) is 0 Å². The third kappa shape index (κ3) is 9.06. The molecule has 1 heterocycles. The van der Waals surface area contributed by atoms with E-state index in [1.165, 1.54) is 70.6 Å². The molecule has 0 aromatic rings. The predicted octanol–water partition coefficient (Wildman–Crippen LogP) is 3.02. The van der Waals surface area contributed by atoms with Crippen molar-refractivity contribution < 1.29 is 30.3 Å². The number of aliphatic hydroxyl groups excluding tert-OH is 4. The van der Waals surface area contributed by atoms with E-state index >= 15 is 0 Å². The van der Waals surface area contributed by atoms with Crippen molar-refractivity contribution in [2.75, 3.05) is 6.61 Å². The Hall–Kier alpha value is -0.240. The lowest BCUT2D eigenvalue weighted by molar-refractivity contribution is -0.351. The molecule has 6 nitrogen and oxygen atoms in total. The van der Waals surface area contributed by atoms with Crippen molar-refractivity contribution in [2.24, 2.45) is 0 Å². The molecule has 5 atom stereocenters. The van der Waals surface area contributed by atoms with Gasteiger partial charge in [0, 0.05) is 6.42 Å². The van der Waals surface area contributed by atoms with Crippen LogP contribution in [0.1, 0.15) is 103 Å². The second kappa shape index (κ2) is 14.7. The second-order valence-electron chi connectivity index (χ2n) is 8.46. The monoisotopic (exact) mass is 404 g/mol. The molecule has 0 aromatic carbocycles. The molecule has 28 heavy (non-hydrogen) atoms. The summed E-state index contributed by atoms with van der Waals surface area (Å²) in [4.78, 5) is 0. The van der Waals surface area contributed by atoms with Gasteiger partial charge >= 0.3 is 0 Å². The fraction of sp³-hybridized carbons (Fsp3) is 1.00. The standard InChI is InChI=1S/C22H44O6/c1-2-3-4-5-6-7-8-9-10-11-12-13-14-15-16-22(27)21(26)20(25)19(24)18(17-23)28-22/h18-21,23-27H,2-17H2,1H3/t18-,19-,20+,21+,22-/m1/s1. The minimum Gasteiger partial charge on any atom is -0.394 e. The molecule has 0 spiro atoms. The van der Waals surface area contributed by atoms with Crippen molar-refractivity contribution in [1.29, 1.82) is 0 Å². The van der Waals surface area contributed by atoms with Gasteiger partial charge < -0.3 is 30.3 Å². The van der Waals surface area contributed by atoms with Crippen LogP contribution in [0.2, 0.25) is 0 Å². The molecule has 0 unspecified atom stereocenters. The van der Waals surface area contributed by atoms with Crippen LogP contribution in [0.15, 0.2) is 0 Å². The van der Waals surface area contributed by atoms with Gasteiger partial charge in [-0.15, -0.1) is 0 Å². The average molecular weight is 405 g/mol. The molecule has 1 aliphatic rings. The normalized spacial score (nSPS) is 30.6. The minimum atomic E-state index is -1.91. The fourth-order valence-electron chi connectivity index (χ4n) is 4.00. The van der Waals surface area contributed by atoms with Crippen LogP contribution < -0.4 is 0 Å². The first kappa shape index (κ1) is 25.8. The summed E-state index contributed by atoms with van der Waals surface area (Å²) in [5, 5.41) is 49.3. The lowest BCUT2D eigenvalue weighted by Crippen LogP contribution is -2.65. The molecule has 0 aromatic heterocycles. The van der Waals surface area contributed by atoms with Crippen molar-refractivity contribution in [1.82, 2.24) is 0 Å². The highest BCUT2D eigenvalue weighted by Crippen LogP contribution is 2.32. The summed E-state index contributed by atoms with van der Waals surface area (Å²) in [7, 11) is 0. The molecule has 1 rings (SSSR count). The molecule has 0 aliphatic carbocycles. The topological polar surface area (TPSA) is 110 Å². The van der Waals surface area contributed by atoms with E-state index in [9.17, 15) is 25.5 Å². The minimum absolute atomic E-state index is 0.173. The number of hydrogen-bond acceptors (Lipinski definition) is 6. The Bertz CT molecular complexity index is 378. The van der Waals surface area contributed by atoms with Crippen LogP contribution in [0.3, 0.4) is 0 Å². The lowest BCUT2D eigenvalue weighted by atomic mass is 9.89. The third-order valence-corrected chi connectivity index (χ3v) is 5.94. The summed E-state index contributed by atoms with van der Waals surface area (Å²) < 4.78 is 5.28. The smallest absolute Gasteiger partial charge is 0.195 e. The molecule has 6 heteroatoms. The van der Waals surface area contributed by atoms with E-state index in [0.29, 0.717) is 6.42 Å². The predicted molar refractivity (Wildman–Crippen MR) is 110 cm³/mol. The quantitative estimate of drug-likeness (QED) is 0.253. The van der Waals surface area contributed by atoms with Crippen molar-refractivity contribution in [3.8, 4) is 0 Å². The number of unbranched alkanes of at least 4 members (excludes halogenated alkanes) is 13. The molecule has 0 bridgehead atoms. The van der Waals surface area contributed by atoms with Crippen LogP contribution >= 0.6 is 0 Å². The molecule has 0 radical (unpaired) electrons. The highest BCUT2D eigenvalue weighted by molar-refractivity contribution is 4.95. The maximum Gasteiger partial charge on any atom is 0.195 e. The fourth-order valence-corrected chi connectivity index (χ4v) is 4.00. The zero-order valence-corrected chi connectivity index (χ0v) is 17.8. The highest BCUT2D eigenvalue weighted by atomic mass is 16.7. The Balaban J connectivity index is 2.02. The molecule has 0 amide bonds. The van der Waals surface area contributed by atoms with Gasteiger partial charge in [-0.05, 0) is 6.42 Å². The van der Waals surface area contributed by atoms with E-state index in [-0.39, 0.29) is 6.42 Å². The summed E-state index contributed by atoms with van der Waals surface area (Å²) in [6.45, 7) is 1.73. The highest BCUT2D eigenvalue weighted by Gasteiger charge is 2.51. The Kier molecular flexibility index (Phi) is 13.5. The van der Waals surface area contributed by atoms with E-state index in [0.717, 1.165) is 12.8 Å². The van der Waals surface area contributed by atoms with Gasteiger partial charge in [-0.3, -0.25) is 0 Å². The third-order valence-electron chi connectivity index (χ3n) is 5.94. The van der Waals surface area contributed by atoms with Crippen LogP contribution in [0.4, 0.5) is 0 Å². The van der Waals surface area contributed by atoms with Crippen molar-refractivity contribution in [2.45, 2.75) is 133 Å². The van der Waals surface area contributed by atoms with Crippen LogP contribution in [-0.4, -0.2) is 62.3 Å². The first-order valence-corrected chi connectivity index (χ1v) is 11.5. The van der Waals surface area contributed by atoms with Gasteiger partial charge in [0.05, 0.1) is 6.61 Å². The number of aliphatic hydroxyl groups is 5. The van der Waals surface area contributed by atoms with E-state index in [1.807, 2.05) is 0 Å². The number of ether oxygens (including phenoxy) is 1. The largest absolute Gasteiger partial charge is 0.394 e. The van der Waals surface area contributed by atoms with E-state index in [2.05, 4.69) is 6.92 Å². The molecular weight excluding hydrogens is 360 g/mol. The van der Waals surface area contributed by atoms with Gasteiger partial charge in [0.2, 0.25) is 0 Å². The van der Waals surface area contributed by atoms with Crippen LogP contribution in [-0.2, 0) is 4.74 Å². The average Bonchev–Trinajstić information content (AvgIpc) is 2.69. The Morgan fingerprint density at radius 2 is 1.11 bits per heavy atom. The van der Waals surface area contributed by atoms with Crippen molar-refractivity contribution >= 4 is 0 Å². The van der Waals surface area contributed by atoms with Crippen LogP contribution in [0.25, 0.3) is 0 Å². The van der Waals surface area contributed by atoms with E-state index in [1.54, 1.807) is 0 Å². The van der Waals surface area contributed by atoms with Crippen molar-refractivity contribution in [3.63, 3.8) is 0 Å². The lowest BCUT2D eigenvalue weighted by Gasteiger charge is -2.45. The SMILES string of the molecule is CCCCCCCCCCCCCCCC[C@@]1(O)O[C@H](CO)[C@@H](O)[C@H](O)[C@@H]1O. The molecule has 1 aliphatic heterocycles. The number of rotatable bonds is 16. The second-order valence-corrected chi connectivity index (χ2v) is 8.46. The zero-order valence-electron chi connectivity index (χ0n) is 17.8. The molecule has 1 saturated heterocycles. The van der Waals surface area contributed by atoms with Gasteiger partial charge in [0.1, 0.15) is 24.4 Å². The van der Waals surface area contributed by atoms with Gasteiger partial charge in [-0.1, -0.05) is 90.4 Å². The summed E-state index contributed by atoms with van der Waals surface area (Å²) in [5.41, 5.74) is 0. The van der Waals surface area contributed by atoms with E-state index in [4.69, 9.17) is 4.74 Å². The first-order valence-electron chi connectivity index (χ1n) is 11.5. The molecule has 5 N–H and O–H groups in total. The Labute approximate surface area is 170 Å². The Morgan fingerprint density at radius 3 is 1.54 bits per heavy atom. The molecular formula is C22H44O6. The Morgan fingerprint density at radius 1 is 0.679 bits per heavy atom. The molecule has 168 valence electrons. The van der Waals surface area contributed by atoms with Gasteiger partial charge in [0.15, 0.2) is 5.79 Å². The number of hydrogen-bond donors (Lipinski definition) is 5. The molecule has 0 saturated carbocycles. The summed E-state index contributed by atoms with van der Waals surface area (Å²) >= 11 is 0. The summed E-state index contributed by atoms with van der Waals surface area (Å²) in [6, 6.07) is 0. The zero-order chi connectivity index (χ0) is 20.8. The van der Waals surface area contributed by atoms with Crippen molar-refractivity contribution in [3.05, 3.63) is 0 Å². The maximum atomic E-state index is 10.5. The maximum absolute atomic E-state index is 10.5. The molecule has 1 fully saturated rings. The summed E-state index contributed by atoms with van der Waals surface area (Å²) in [6.07, 6.45) is 11.7. The van der Waals surface area contributed by atoms with Crippen LogP contribution in [0.5, 0.6) is 0 Å². The van der Waals surface area contributed by atoms with Crippen LogP contribution in [0, 0.1) is 0 Å².